The molecule has 3 aromatic rings. The van der Waals surface area contributed by atoms with Crippen LogP contribution in [0.15, 0.2) is 30.5 Å². The first kappa shape index (κ1) is 31.8. The van der Waals surface area contributed by atoms with Crippen LogP contribution in [0.25, 0.3) is 11.0 Å². The summed E-state index contributed by atoms with van der Waals surface area (Å²) >= 11 is 0. The number of pyridine rings is 3. The summed E-state index contributed by atoms with van der Waals surface area (Å²) in [5.74, 6) is 0.443. The van der Waals surface area contributed by atoms with E-state index in [0.29, 0.717) is 42.9 Å². The van der Waals surface area contributed by atoms with Crippen LogP contribution < -0.4 is 32.5 Å². The van der Waals surface area contributed by atoms with E-state index in [9.17, 15) is 9.90 Å². The van der Waals surface area contributed by atoms with E-state index in [1.54, 1.807) is 19.2 Å². The number of hydrogen-bond donors (Lipinski definition) is 4. The second kappa shape index (κ2) is 13.4. The molecule has 1 atom stereocenters. The number of hydrogen-bond acceptors (Lipinski definition) is 9. The minimum atomic E-state index is -1.16. The van der Waals surface area contributed by atoms with Crippen LogP contribution in [-0.2, 0) is 16.1 Å². The molecule has 5 rings (SSSR count). The lowest BCUT2D eigenvalue weighted by Crippen LogP contribution is -3.00. The van der Waals surface area contributed by atoms with Crippen LogP contribution in [0.1, 0.15) is 62.8 Å². The molecule has 0 aromatic carbocycles. The zero-order valence-corrected chi connectivity index (χ0v) is 24.5. The number of carbonyl (C=O) groups excluding carboxylic acids is 1. The van der Waals surface area contributed by atoms with Gasteiger partial charge in [-0.1, -0.05) is 0 Å². The Morgan fingerprint density at radius 2 is 1.98 bits per heavy atom. The van der Waals surface area contributed by atoms with Crippen molar-refractivity contribution in [1.82, 2.24) is 15.0 Å². The molecule has 3 aromatic heterocycles. The summed E-state index contributed by atoms with van der Waals surface area (Å²) < 4.78 is 32.0. The quantitative estimate of drug-likeness (QED) is 0.205. The normalized spacial score (nSPS) is 22.5. The maximum atomic E-state index is 15.1. The van der Waals surface area contributed by atoms with Gasteiger partial charge in [-0.25, -0.2) is 14.4 Å². The van der Waals surface area contributed by atoms with Crippen molar-refractivity contribution in [2.45, 2.75) is 69.2 Å². The highest BCUT2D eigenvalue weighted by Gasteiger charge is 2.44. The number of amides is 1. The first-order chi connectivity index (χ1) is 19.7. The van der Waals surface area contributed by atoms with Gasteiger partial charge in [0.15, 0.2) is 18.2 Å². The van der Waals surface area contributed by atoms with Crippen molar-refractivity contribution >= 4 is 22.8 Å². The summed E-state index contributed by atoms with van der Waals surface area (Å²) in [6.07, 6.45) is 3.60. The number of aliphatic hydroxyl groups is 2. The fraction of sp³-hybridized carbons (Fsp3) is 0.517. The Morgan fingerprint density at radius 3 is 2.71 bits per heavy atom. The number of quaternary nitrogens is 1. The molecule has 1 saturated carbocycles. The molecule has 11 nitrogen and oxygen atoms in total. The molecule has 1 aliphatic carbocycles. The van der Waals surface area contributed by atoms with Gasteiger partial charge in [-0.15, -0.1) is 0 Å². The van der Waals surface area contributed by atoms with Gasteiger partial charge >= 0.3 is 0 Å². The Morgan fingerprint density at radius 1 is 1.19 bits per heavy atom. The lowest BCUT2D eigenvalue weighted by atomic mass is 9.72. The van der Waals surface area contributed by atoms with E-state index >= 15 is 4.39 Å². The maximum Gasteiger partial charge on any atom is 0.263 e. The second-order valence-electron chi connectivity index (χ2n) is 11.1. The lowest BCUT2D eigenvalue weighted by molar-refractivity contribution is -0.742. The molecule has 1 aliphatic heterocycles. The first-order valence-corrected chi connectivity index (χ1v) is 13.9. The molecule has 42 heavy (non-hydrogen) atoms. The number of halogens is 2. The average Bonchev–Trinajstić information content (AvgIpc) is 2.97. The molecule has 0 radical (unpaired) electrons. The third kappa shape index (κ3) is 7.07. The van der Waals surface area contributed by atoms with E-state index in [0.717, 1.165) is 24.7 Å². The number of nitrogens with two attached hydrogens (primary N) is 1. The van der Waals surface area contributed by atoms with Gasteiger partial charge in [-0.2, -0.15) is 0 Å². The fourth-order valence-corrected chi connectivity index (χ4v) is 5.58. The van der Waals surface area contributed by atoms with Crippen molar-refractivity contribution in [2.75, 3.05) is 32.2 Å². The van der Waals surface area contributed by atoms with Crippen molar-refractivity contribution in [3.63, 3.8) is 0 Å². The molecular formula is C29H37ClFN5O6. The molecule has 1 fully saturated rings. The minimum absolute atomic E-state index is 0. The Labute approximate surface area is 249 Å². The third-order valence-corrected chi connectivity index (χ3v) is 8.20. The van der Waals surface area contributed by atoms with Crippen LogP contribution in [0.2, 0.25) is 0 Å². The fourth-order valence-electron chi connectivity index (χ4n) is 5.58. The molecule has 228 valence electrons. The van der Waals surface area contributed by atoms with Crippen molar-refractivity contribution < 1.29 is 51.3 Å². The monoisotopic (exact) mass is 605 g/mol. The van der Waals surface area contributed by atoms with Gasteiger partial charge in [-0.05, 0) is 38.0 Å². The third-order valence-electron chi connectivity index (χ3n) is 8.20. The van der Waals surface area contributed by atoms with Crippen LogP contribution >= 0.6 is 0 Å². The van der Waals surface area contributed by atoms with Crippen LogP contribution in [-0.4, -0.2) is 69.1 Å². The molecule has 2 aliphatic rings. The molecule has 0 spiro atoms. The minimum Gasteiger partial charge on any atom is -1.00 e. The average molecular weight is 606 g/mol. The molecule has 0 bridgehead atoms. The van der Waals surface area contributed by atoms with Gasteiger partial charge in [-0.3, -0.25) is 9.78 Å². The van der Waals surface area contributed by atoms with Crippen LogP contribution in [0.5, 0.6) is 11.6 Å². The highest BCUT2D eigenvalue weighted by molar-refractivity contribution is 5.94. The number of aromatic nitrogens is 3. The predicted octanol–water partition coefficient (Wildman–Crippen LogP) is -0.835. The van der Waals surface area contributed by atoms with E-state index in [1.165, 1.54) is 0 Å². The topological polar surface area (TPSA) is 153 Å². The maximum absolute atomic E-state index is 15.1. The summed E-state index contributed by atoms with van der Waals surface area (Å²) in [5.41, 5.74) is 0.903. The Hall–Kier alpha value is -3.16. The second-order valence-corrected chi connectivity index (χ2v) is 11.1. The lowest BCUT2D eigenvalue weighted by Gasteiger charge is -2.43. The number of anilines is 1. The SMILES string of the molecule is COC1(CC(O)c2c(F)cnc3ccc(OCCCO)nc23)CCC(C)([NH2+]Cc2ccc3c(n2)NC(=O)CO3)CC1.[Cl-]. The molecule has 1 unspecified atom stereocenters. The van der Waals surface area contributed by atoms with E-state index in [2.05, 4.69) is 32.5 Å². The van der Waals surface area contributed by atoms with Gasteiger partial charge < -0.3 is 47.5 Å². The number of methoxy groups -OCH3 is 1. The van der Waals surface area contributed by atoms with Crippen molar-refractivity contribution in [2.24, 2.45) is 0 Å². The summed E-state index contributed by atoms with van der Waals surface area (Å²) in [5, 5.41) is 25.3. The largest absolute Gasteiger partial charge is 1.00 e. The van der Waals surface area contributed by atoms with Gasteiger partial charge in [0.05, 0.1) is 41.3 Å². The standard InChI is InChI=1S/C29H36FN5O6.ClH/c1-28(32-15-18-4-6-22-27(33-18)34-23(38)17-41-22)8-10-29(39-2,11-9-28)14-21(37)25-19(30)16-31-20-5-7-24(35-26(20)25)40-13-3-12-36;/h4-7,16,21,32,36-37H,3,8-15,17H2,1-2H3,(H,33,34,38);1H. The summed E-state index contributed by atoms with van der Waals surface area (Å²) in [6, 6.07) is 7.05. The number of nitrogens with one attached hydrogen (secondary N) is 1. The summed E-state index contributed by atoms with van der Waals surface area (Å²) in [6.45, 7) is 3.08. The van der Waals surface area contributed by atoms with Gasteiger partial charge in [0.2, 0.25) is 5.88 Å². The zero-order valence-electron chi connectivity index (χ0n) is 23.7. The zero-order chi connectivity index (χ0) is 29.0. The van der Waals surface area contributed by atoms with Crippen molar-refractivity contribution in [1.29, 1.82) is 0 Å². The van der Waals surface area contributed by atoms with E-state index in [1.807, 2.05) is 12.1 Å². The van der Waals surface area contributed by atoms with E-state index in [-0.39, 0.29) is 67.1 Å². The smallest absolute Gasteiger partial charge is 0.263 e. The molecule has 1 amide bonds. The number of nitrogens with zero attached hydrogens (tertiary/aromatic N) is 3. The van der Waals surface area contributed by atoms with Crippen LogP contribution in [0, 0.1) is 5.82 Å². The van der Waals surface area contributed by atoms with E-state index in [4.69, 9.17) is 19.3 Å². The first-order valence-electron chi connectivity index (χ1n) is 13.9. The number of rotatable bonds is 11. The number of carbonyl (C=O) groups is 1. The Bertz CT molecular complexity index is 1400. The highest BCUT2D eigenvalue weighted by Crippen LogP contribution is 2.42. The molecule has 5 N–H and O–H groups in total. The number of fused-ring (bicyclic) bond motifs is 2. The number of ether oxygens (including phenoxy) is 3. The summed E-state index contributed by atoms with van der Waals surface area (Å²) in [4.78, 5) is 24.7. The Balaban J connectivity index is 0.00000405. The van der Waals surface area contributed by atoms with Gasteiger partial charge in [0.25, 0.3) is 5.91 Å². The summed E-state index contributed by atoms with van der Waals surface area (Å²) in [7, 11) is 1.64. The van der Waals surface area contributed by atoms with Gasteiger partial charge in [0, 0.05) is 51.0 Å². The number of aliphatic hydroxyl groups excluding tert-OH is 2. The molecular weight excluding hydrogens is 569 g/mol. The van der Waals surface area contributed by atoms with Crippen LogP contribution in [0.4, 0.5) is 10.2 Å². The highest BCUT2D eigenvalue weighted by atomic mass is 35.5. The van der Waals surface area contributed by atoms with Crippen molar-refractivity contribution in [3.8, 4) is 11.6 Å². The van der Waals surface area contributed by atoms with Gasteiger partial charge in [0.1, 0.15) is 17.9 Å². The van der Waals surface area contributed by atoms with E-state index < -0.39 is 17.5 Å². The predicted molar refractivity (Wildman–Crippen MR) is 147 cm³/mol. The molecule has 0 saturated heterocycles. The van der Waals surface area contributed by atoms with Crippen molar-refractivity contribution in [3.05, 3.63) is 47.5 Å². The molecule has 13 heteroatoms. The molecule has 4 heterocycles. The van der Waals surface area contributed by atoms with Crippen LogP contribution in [0.3, 0.4) is 0 Å². The Kier molecular flexibility index (Phi) is 10.2.